The number of carbonyl (C=O) groups excluding carboxylic acids is 1. The molecular formula is C11H16F3NO4S. The second-order valence-corrected chi connectivity index (χ2v) is 7.42. The molecule has 0 aromatic carbocycles. The van der Waals surface area contributed by atoms with Crippen molar-refractivity contribution in [3.05, 3.63) is 0 Å². The molecule has 2 saturated heterocycles. The average Bonchev–Trinajstić information content (AvgIpc) is 2.66. The first-order valence-electron chi connectivity index (χ1n) is 6.31. The van der Waals surface area contributed by atoms with Crippen LogP contribution in [0, 0.1) is 5.92 Å². The molecule has 2 heterocycles. The fourth-order valence-corrected chi connectivity index (χ4v) is 4.47. The molecule has 9 heteroatoms. The van der Waals surface area contributed by atoms with Gasteiger partial charge in [0, 0.05) is 6.54 Å². The molecule has 20 heavy (non-hydrogen) atoms. The molecule has 0 aliphatic carbocycles. The highest BCUT2D eigenvalue weighted by Crippen LogP contribution is 2.33. The fraction of sp³-hybridized carbons (Fsp3) is 0.909. The lowest BCUT2D eigenvalue weighted by Crippen LogP contribution is -2.60. The molecule has 2 aliphatic heterocycles. The molecule has 0 aromatic heterocycles. The number of hydrogen-bond donors (Lipinski definition) is 0. The highest BCUT2D eigenvalue weighted by molar-refractivity contribution is 7.91. The summed E-state index contributed by atoms with van der Waals surface area (Å²) in [5, 5.41) is 0. The lowest BCUT2D eigenvalue weighted by atomic mass is 10.0. The third kappa shape index (κ3) is 3.08. The van der Waals surface area contributed by atoms with Gasteiger partial charge in [0.15, 0.2) is 15.9 Å². The van der Waals surface area contributed by atoms with Gasteiger partial charge in [-0.1, -0.05) is 0 Å². The number of sulfone groups is 1. The van der Waals surface area contributed by atoms with Gasteiger partial charge in [-0.2, -0.15) is 13.2 Å². The van der Waals surface area contributed by atoms with Crippen molar-refractivity contribution in [2.24, 2.45) is 5.92 Å². The molecule has 0 aromatic rings. The summed E-state index contributed by atoms with van der Waals surface area (Å²) in [6, 6.07) is -2.01. The van der Waals surface area contributed by atoms with Crippen LogP contribution in [0.5, 0.6) is 0 Å². The van der Waals surface area contributed by atoms with Crippen LogP contribution in [0.3, 0.4) is 0 Å². The lowest BCUT2D eigenvalue weighted by Gasteiger charge is -2.41. The number of halogens is 3. The third-order valence-corrected chi connectivity index (χ3v) is 5.46. The smallest absolute Gasteiger partial charge is 0.374 e. The molecule has 0 saturated carbocycles. The molecule has 2 fully saturated rings. The molecule has 5 nitrogen and oxygen atoms in total. The normalized spacial score (nSPS) is 34.2. The average molecular weight is 315 g/mol. The monoisotopic (exact) mass is 315 g/mol. The molecule has 1 amide bonds. The van der Waals surface area contributed by atoms with Crippen LogP contribution in [0.1, 0.15) is 13.3 Å². The van der Waals surface area contributed by atoms with Gasteiger partial charge in [-0.25, -0.2) is 8.42 Å². The lowest BCUT2D eigenvalue weighted by molar-refractivity contribution is -0.231. The number of ether oxygens (including phenoxy) is 1. The SMILES string of the molecule is C[C@@H]1OCCN(C(=O)C2CCS(=O)(=O)C2)[C@@H]1C(F)(F)F. The van der Waals surface area contributed by atoms with Crippen molar-refractivity contribution in [1.82, 2.24) is 4.90 Å². The summed E-state index contributed by atoms with van der Waals surface area (Å²) in [7, 11) is -3.31. The van der Waals surface area contributed by atoms with Crippen molar-refractivity contribution in [2.45, 2.75) is 31.7 Å². The zero-order valence-corrected chi connectivity index (χ0v) is 11.7. The molecule has 116 valence electrons. The van der Waals surface area contributed by atoms with Gasteiger partial charge in [0.25, 0.3) is 0 Å². The number of alkyl halides is 3. The van der Waals surface area contributed by atoms with Gasteiger partial charge < -0.3 is 9.64 Å². The second kappa shape index (κ2) is 5.18. The van der Waals surface area contributed by atoms with Gasteiger partial charge in [-0.05, 0) is 13.3 Å². The van der Waals surface area contributed by atoms with Gasteiger partial charge in [0.2, 0.25) is 5.91 Å². The molecule has 2 rings (SSSR count). The summed E-state index contributed by atoms with van der Waals surface area (Å²) in [6.45, 7) is 1.13. The van der Waals surface area contributed by atoms with E-state index in [4.69, 9.17) is 4.74 Å². The van der Waals surface area contributed by atoms with Crippen LogP contribution in [0.15, 0.2) is 0 Å². The molecule has 2 aliphatic rings. The molecule has 0 radical (unpaired) electrons. The fourth-order valence-electron chi connectivity index (χ4n) is 2.73. The van der Waals surface area contributed by atoms with E-state index in [0.717, 1.165) is 4.90 Å². The van der Waals surface area contributed by atoms with Crippen LogP contribution >= 0.6 is 0 Å². The molecule has 0 N–H and O–H groups in total. The van der Waals surface area contributed by atoms with Crippen LogP contribution in [0.4, 0.5) is 13.2 Å². The van der Waals surface area contributed by atoms with E-state index < -0.39 is 40.0 Å². The Kier molecular flexibility index (Phi) is 4.03. The summed E-state index contributed by atoms with van der Waals surface area (Å²) < 4.78 is 66.8. The number of morpholine rings is 1. The van der Waals surface area contributed by atoms with E-state index in [2.05, 4.69) is 0 Å². The van der Waals surface area contributed by atoms with Crippen LogP contribution in [-0.2, 0) is 19.4 Å². The van der Waals surface area contributed by atoms with Crippen LogP contribution < -0.4 is 0 Å². The Morgan fingerprint density at radius 3 is 2.50 bits per heavy atom. The van der Waals surface area contributed by atoms with Crippen LogP contribution in [0.25, 0.3) is 0 Å². The molecule has 0 bridgehead atoms. The highest BCUT2D eigenvalue weighted by Gasteiger charge is 2.52. The Bertz CT molecular complexity index is 490. The Morgan fingerprint density at radius 1 is 1.35 bits per heavy atom. The number of amides is 1. The van der Waals surface area contributed by atoms with E-state index in [1.165, 1.54) is 6.92 Å². The van der Waals surface area contributed by atoms with Gasteiger partial charge in [0.1, 0.15) is 0 Å². The Labute approximate surface area is 115 Å². The summed E-state index contributed by atoms with van der Waals surface area (Å²) in [5.41, 5.74) is 0. The minimum Gasteiger partial charge on any atom is -0.374 e. The van der Waals surface area contributed by atoms with Crippen molar-refractivity contribution in [3.8, 4) is 0 Å². The van der Waals surface area contributed by atoms with Crippen molar-refractivity contribution in [1.29, 1.82) is 0 Å². The first kappa shape index (κ1) is 15.6. The summed E-state index contributed by atoms with van der Waals surface area (Å²) in [6.07, 6.45) is -5.64. The van der Waals surface area contributed by atoms with E-state index in [1.54, 1.807) is 0 Å². The standard InChI is InChI=1S/C11H16F3NO4S/c1-7-9(11(12,13)14)15(3-4-19-7)10(16)8-2-5-20(17,18)6-8/h7-9H,2-6H2,1H3/t7-,8?,9-/m0/s1. The summed E-state index contributed by atoms with van der Waals surface area (Å²) in [5.74, 6) is -2.10. The quantitative estimate of drug-likeness (QED) is 0.711. The topological polar surface area (TPSA) is 63.7 Å². The van der Waals surface area contributed by atoms with Crippen LogP contribution in [-0.4, -0.2) is 62.2 Å². The first-order valence-corrected chi connectivity index (χ1v) is 8.13. The number of nitrogens with zero attached hydrogens (tertiary/aromatic N) is 1. The zero-order chi connectivity index (χ0) is 15.1. The highest BCUT2D eigenvalue weighted by atomic mass is 32.2. The molecule has 1 unspecified atom stereocenters. The van der Waals surface area contributed by atoms with E-state index in [9.17, 15) is 26.4 Å². The zero-order valence-electron chi connectivity index (χ0n) is 10.9. The largest absolute Gasteiger partial charge is 0.411 e. The predicted molar refractivity (Wildman–Crippen MR) is 63.7 cm³/mol. The maximum absolute atomic E-state index is 13.0. The van der Waals surface area contributed by atoms with Crippen LogP contribution in [0.2, 0.25) is 0 Å². The predicted octanol–water partition coefficient (Wildman–Crippen LogP) is 0.599. The molecule has 0 spiro atoms. The van der Waals surface area contributed by atoms with Crippen molar-refractivity contribution < 1.29 is 31.1 Å². The van der Waals surface area contributed by atoms with Gasteiger partial charge in [-0.15, -0.1) is 0 Å². The van der Waals surface area contributed by atoms with E-state index in [0.29, 0.717) is 0 Å². The number of hydrogen-bond acceptors (Lipinski definition) is 4. The van der Waals surface area contributed by atoms with Crippen molar-refractivity contribution >= 4 is 15.7 Å². The van der Waals surface area contributed by atoms with Gasteiger partial charge in [-0.3, -0.25) is 4.79 Å². The van der Waals surface area contributed by atoms with Crippen molar-refractivity contribution in [2.75, 3.05) is 24.7 Å². The maximum Gasteiger partial charge on any atom is 0.411 e. The molecular weight excluding hydrogens is 299 g/mol. The minimum atomic E-state index is -4.59. The second-order valence-electron chi connectivity index (χ2n) is 5.19. The number of carbonyl (C=O) groups is 1. The Balaban J connectivity index is 2.19. The van der Waals surface area contributed by atoms with Gasteiger partial charge in [0.05, 0.1) is 30.1 Å². The summed E-state index contributed by atoms with van der Waals surface area (Å²) >= 11 is 0. The first-order chi connectivity index (χ1) is 9.12. The van der Waals surface area contributed by atoms with E-state index in [1.807, 2.05) is 0 Å². The Hall–Kier alpha value is -0.830. The minimum absolute atomic E-state index is 0.0267. The molecule has 3 atom stereocenters. The third-order valence-electron chi connectivity index (χ3n) is 3.69. The van der Waals surface area contributed by atoms with E-state index in [-0.39, 0.29) is 31.1 Å². The van der Waals surface area contributed by atoms with E-state index >= 15 is 0 Å². The van der Waals surface area contributed by atoms with Gasteiger partial charge >= 0.3 is 6.18 Å². The Morgan fingerprint density at radius 2 is 2.00 bits per heavy atom. The van der Waals surface area contributed by atoms with Crippen molar-refractivity contribution in [3.63, 3.8) is 0 Å². The number of rotatable bonds is 1. The summed E-state index contributed by atoms with van der Waals surface area (Å²) in [4.78, 5) is 12.9. The maximum atomic E-state index is 13.0.